The first kappa shape index (κ1) is 23.8. The van der Waals surface area contributed by atoms with Crippen LogP contribution >= 0.6 is 11.6 Å². The van der Waals surface area contributed by atoms with Gasteiger partial charge in [-0.15, -0.1) is 0 Å². The van der Waals surface area contributed by atoms with Gasteiger partial charge in [0.2, 0.25) is 0 Å². The van der Waals surface area contributed by atoms with Gasteiger partial charge in [-0.05, 0) is 68.4 Å². The Kier molecular flexibility index (Phi) is 6.98. The molecule has 2 aromatic heterocycles. The lowest BCUT2D eigenvalue weighted by Gasteiger charge is -2.10. The number of carbonyl (C=O) groups is 1. The van der Waals surface area contributed by atoms with Gasteiger partial charge < -0.3 is 13.7 Å². The minimum Gasteiger partial charge on any atom is -0.486 e. The van der Waals surface area contributed by atoms with E-state index in [4.69, 9.17) is 20.8 Å². The molecule has 1 N–H and O–H groups in total. The number of halogens is 1. The molecule has 2 aromatic carbocycles. The van der Waals surface area contributed by atoms with E-state index < -0.39 is 10.8 Å². The molecule has 1 amide bonds. The lowest BCUT2D eigenvalue weighted by molar-refractivity contribution is -0.384. The number of carbonyl (C=O) groups excluding carboxylic acids is 1. The van der Waals surface area contributed by atoms with Crippen LogP contribution in [-0.4, -0.2) is 21.6 Å². The predicted molar refractivity (Wildman–Crippen MR) is 131 cm³/mol. The fourth-order valence-corrected chi connectivity index (χ4v) is 3.67. The fourth-order valence-electron chi connectivity index (χ4n) is 3.45. The monoisotopic (exact) mass is 492 g/mol. The second-order valence-corrected chi connectivity index (χ2v) is 8.07. The maximum absolute atomic E-state index is 12.3. The molecule has 35 heavy (non-hydrogen) atoms. The zero-order chi connectivity index (χ0) is 24.9. The number of aryl methyl sites for hydroxylation is 2. The van der Waals surface area contributed by atoms with Gasteiger partial charge in [-0.1, -0.05) is 11.6 Å². The molecule has 0 aliphatic rings. The summed E-state index contributed by atoms with van der Waals surface area (Å²) < 4.78 is 13.5. The van der Waals surface area contributed by atoms with Crippen LogP contribution in [0.25, 0.3) is 5.69 Å². The summed E-state index contributed by atoms with van der Waals surface area (Å²) in [5, 5.41) is 14.7. The quantitative estimate of drug-likeness (QED) is 0.196. The van der Waals surface area contributed by atoms with Crippen molar-refractivity contribution in [2.45, 2.75) is 20.5 Å². The SMILES string of the molecule is Cc1ccc(C)n1-c1ccc(OCc2ccc(C(=O)NN=Cc3ccc([N+](=O)[O-])cc3Cl)o2)cc1. The number of ether oxygens (including phenoxy) is 1. The number of rotatable bonds is 8. The number of furan rings is 1. The number of nitrogens with one attached hydrogen (secondary N) is 1. The molecule has 178 valence electrons. The van der Waals surface area contributed by atoms with Crippen LogP contribution in [0.3, 0.4) is 0 Å². The first-order chi connectivity index (χ1) is 16.8. The van der Waals surface area contributed by atoms with Crippen molar-refractivity contribution >= 4 is 29.4 Å². The molecule has 0 aliphatic carbocycles. The van der Waals surface area contributed by atoms with Crippen LogP contribution in [0.2, 0.25) is 5.02 Å². The third-order valence-corrected chi connectivity index (χ3v) is 5.52. The average Bonchev–Trinajstić information content (AvgIpc) is 3.45. The maximum Gasteiger partial charge on any atom is 0.307 e. The molecule has 2 heterocycles. The Hall–Kier alpha value is -4.37. The number of benzene rings is 2. The molecule has 0 aliphatic heterocycles. The lowest BCUT2D eigenvalue weighted by Crippen LogP contribution is -2.16. The van der Waals surface area contributed by atoms with Crippen molar-refractivity contribution in [2.75, 3.05) is 0 Å². The van der Waals surface area contributed by atoms with Crippen molar-refractivity contribution in [3.8, 4) is 11.4 Å². The summed E-state index contributed by atoms with van der Waals surface area (Å²) in [6.07, 6.45) is 1.29. The summed E-state index contributed by atoms with van der Waals surface area (Å²) >= 11 is 6.00. The van der Waals surface area contributed by atoms with Gasteiger partial charge >= 0.3 is 5.91 Å². The van der Waals surface area contributed by atoms with Crippen molar-refractivity contribution in [3.63, 3.8) is 0 Å². The van der Waals surface area contributed by atoms with Gasteiger partial charge in [0.05, 0.1) is 16.2 Å². The fraction of sp³-hybridized carbons (Fsp3) is 0.120. The minimum absolute atomic E-state index is 0.0597. The molecular formula is C25H21ClN4O5. The van der Waals surface area contributed by atoms with Crippen LogP contribution in [0, 0.1) is 24.0 Å². The lowest BCUT2D eigenvalue weighted by atomic mass is 10.2. The molecule has 0 saturated carbocycles. The van der Waals surface area contributed by atoms with E-state index in [0.29, 0.717) is 17.1 Å². The van der Waals surface area contributed by atoms with Crippen LogP contribution in [0.4, 0.5) is 5.69 Å². The second-order valence-electron chi connectivity index (χ2n) is 7.66. The Morgan fingerprint density at radius 1 is 1.11 bits per heavy atom. The van der Waals surface area contributed by atoms with Gasteiger partial charge in [-0.3, -0.25) is 14.9 Å². The average molecular weight is 493 g/mol. The van der Waals surface area contributed by atoms with Crippen LogP contribution < -0.4 is 10.2 Å². The first-order valence-corrected chi connectivity index (χ1v) is 10.9. The summed E-state index contributed by atoms with van der Waals surface area (Å²) in [5.74, 6) is 0.638. The van der Waals surface area contributed by atoms with E-state index in [-0.39, 0.29) is 23.1 Å². The van der Waals surface area contributed by atoms with E-state index in [0.717, 1.165) is 17.1 Å². The first-order valence-electron chi connectivity index (χ1n) is 10.6. The Morgan fingerprint density at radius 3 is 2.49 bits per heavy atom. The van der Waals surface area contributed by atoms with Crippen molar-refractivity contribution in [3.05, 3.63) is 110 Å². The number of nitrogens with zero attached hydrogens (tertiary/aromatic N) is 3. The van der Waals surface area contributed by atoms with Crippen molar-refractivity contribution in [1.29, 1.82) is 0 Å². The van der Waals surface area contributed by atoms with Gasteiger partial charge in [0.15, 0.2) is 5.76 Å². The number of hydrazone groups is 1. The third kappa shape index (κ3) is 5.59. The standard InChI is InChI=1S/C25H21ClN4O5/c1-16-3-4-17(2)29(16)19-7-9-21(10-8-19)34-15-22-11-12-24(35-22)25(31)28-27-14-18-5-6-20(30(32)33)13-23(18)26/h3-14H,15H2,1-2H3,(H,28,31). The van der Waals surface area contributed by atoms with Crippen LogP contribution in [-0.2, 0) is 6.61 Å². The molecule has 0 fully saturated rings. The molecule has 4 rings (SSSR count). The van der Waals surface area contributed by atoms with E-state index in [2.05, 4.69) is 41.1 Å². The van der Waals surface area contributed by atoms with Gasteiger partial charge in [0.25, 0.3) is 5.69 Å². The van der Waals surface area contributed by atoms with Gasteiger partial charge in [0, 0.05) is 34.8 Å². The zero-order valence-corrected chi connectivity index (χ0v) is 19.7. The Morgan fingerprint density at radius 2 is 1.83 bits per heavy atom. The number of hydrogen-bond acceptors (Lipinski definition) is 6. The van der Waals surface area contributed by atoms with E-state index in [9.17, 15) is 14.9 Å². The molecule has 0 atom stereocenters. The number of non-ortho nitro benzene ring substituents is 1. The van der Waals surface area contributed by atoms with Crippen LogP contribution in [0.15, 0.2) is 76.2 Å². The topological polar surface area (TPSA) is 112 Å². The molecular weight excluding hydrogens is 472 g/mol. The summed E-state index contributed by atoms with van der Waals surface area (Å²) in [6.45, 7) is 4.26. The molecule has 4 aromatic rings. The molecule has 0 saturated heterocycles. The maximum atomic E-state index is 12.3. The summed E-state index contributed by atoms with van der Waals surface area (Å²) in [4.78, 5) is 22.5. The summed E-state index contributed by atoms with van der Waals surface area (Å²) in [6, 6.07) is 19.0. The number of hydrogen-bond donors (Lipinski definition) is 1. The number of aromatic nitrogens is 1. The highest BCUT2D eigenvalue weighted by molar-refractivity contribution is 6.33. The van der Waals surface area contributed by atoms with Crippen LogP contribution in [0.5, 0.6) is 5.75 Å². The van der Waals surface area contributed by atoms with Crippen LogP contribution in [0.1, 0.15) is 33.3 Å². The zero-order valence-electron chi connectivity index (χ0n) is 18.9. The Bertz CT molecular complexity index is 1390. The van der Waals surface area contributed by atoms with E-state index in [1.807, 2.05) is 24.3 Å². The van der Waals surface area contributed by atoms with Crippen molar-refractivity contribution < 1.29 is 18.9 Å². The van der Waals surface area contributed by atoms with Crippen molar-refractivity contribution in [1.82, 2.24) is 9.99 Å². The molecule has 0 spiro atoms. The Balaban J connectivity index is 1.31. The third-order valence-electron chi connectivity index (χ3n) is 5.20. The van der Waals surface area contributed by atoms with Gasteiger partial charge in [0.1, 0.15) is 18.1 Å². The highest BCUT2D eigenvalue weighted by atomic mass is 35.5. The summed E-state index contributed by atoms with van der Waals surface area (Å²) in [7, 11) is 0. The molecule has 10 heteroatoms. The number of nitro benzene ring substituents is 1. The Labute approximate surface area is 205 Å². The minimum atomic E-state index is -0.563. The summed E-state index contributed by atoms with van der Waals surface area (Å²) in [5.41, 5.74) is 5.96. The molecule has 9 nitrogen and oxygen atoms in total. The second kappa shape index (κ2) is 10.3. The number of nitro groups is 1. The smallest absolute Gasteiger partial charge is 0.307 e. The highest BCUT2D eigenvalue weighted by Gasteiger charge is 2.12. The molecule has 0 bridgehead atoms. The van der Waals surface area contributed by atoms with Gasteiger partial charge in [-0.25, -0.2) is 5.43 Å². The normalized spacial score (nSPS) is 11.1. The molecule has 0 unspecified atom stereocenters. The molecule has 0 radical (unpaired) electrons. The van der Waals surface area contributed by atoms with E-state index >= 15 is 0 Å². The van der Waals surface area contributed by atoms with E-state index in [1.165, 1.54) is 30.5 Å². The van der Waals surface area contributed by atoms with E-state index in [1.54, 1.807) is 6.07 Å². The van der Waals surface area contributed by atoms with Crippen molar-refractivity contribution in [2.24, 2.45) is 5.10 Å². The van der Waals surface area contributed by atoms with Gasteiger partial charge in [-0.2, -0.15) is 5.10 Å². The highest BCUT2D eigenvalue weighted by Crippen LogP contribution is 2.22. The predicted octanol–water partition coefficient (Wildman–Crippen LogP) is 5.59. The largest absolute Gasteiger partial charge is 0.486 e. The number of amides is 1.